The molecule has 0 atom stereocenters. The Morgan fingerprint density at radius 3 is 1.56 bits per heavy atom. The minimum atomic E-state index is -0.0892. The van der Waals surface area contributed by atoms with Crippen molar-refractivity contribution in [3.8, 4) is 0 Å². The first-order valence-electron chi connectivity index (χ1n) is 9.68. The van der Waals surface area contributed by atoms with Crippen molar-refractivity contribution >= 4 is 5.97 Å². The maximum atomic E-state index is 10.7. The van der Waals surface area contributed by atoms with E-state index in [1.165, 1.54) is 0 Å². The summed E-state index contributed by atoms with van der Waals surface area (Å²) in [6.45, 7) is 12.7. The highest BCUT2D eigenvalue weighted by atomic mass is 16.7. The highest BCUT2D eigenvalue weighted by Gasteiger charge is 2.41. The monoisotopic (exact) mass is 360 g/mol. The standard InChI is InChI=1S/C11H20O4.C8H16O2/c1-3-9-12-5-11(6-13-9)7-14-10(4-2)15-8-11;1-4-7(5-2)10-8(9)6-3/h9-10H,3-8H2,1-2H3;7H,4-6H2,1-3H3. The van der Waals surface area contributed by atoms with E-state index in [2.05, 4.69) is 13.8 Å². The van der Waals surface area contributed by atoms with E-state index in [-0.39, 0.29) is 30.1 Å². The Morgan fingerprint density at radius 1 is 0.880 bits per heavy atom. The van der Waals surface area contributed by atoms with Gasteiger partial charge in [0.1, 0.15) is 6.10 Å². The molecule has 6 nitrogen and oxygen atoms in total. The Hall–Kier alpha value is -0.690. The highest BCUT2D eigenvalue weighted by Crippen LogP contribution is 2.31. The lowest BCUT2D eigenvalue weighted by atomic mass is 9.90. The number of rotatable bonds is 6. The predicted octanol–water partition coefficient (Wildman–Crippen LogP) is 3.67. The Kier molecular flexibility index (Phi) is 10.6. The van der Waals surface area contributed by atoms with Gasteiger partial charge in [-0.25, -0.2) is 0 Å². The van der Waals surface area contributed by atoms with Crippen LogP contribution in [0.2, 0.25) is 0 Å². The zero-order chi connectivity index (χ0) is 18.7. The fourth-order valence-electron chi connectivity index (χ4n) is 2.62. The van der Waals surface area contributed by atoms with Gasteiger partial charge in [-0.15, -0.1) is 0 Å². The summed E-state index contributed by atoms with van der Waals surface area (Å²) in [7, 11) is 0. The van der Waals surface area contributed by atoms with E-state index in [1.54, 1.807) is 0 Å². The SMILES string of the molecule is CCC(=O)OC(CC)CC.CCC1OCC2(CO1)COC(CC)OC2. The maximum absolute atomic E-state index is 10.7. The van der Waals surface area contributed by atoms with E-state index in [0.29, 0.717) is 32.8 Å². The van der Waals surface area contributed by atoms with E-state index in [4.69, 9.17) is 23.7 Å². The van der Waals surface area contributed by atoms with Crippen molar-refractivity contribution in [2.24, 2.45) is 5.41 Å². The molecule has 0 aromatic rings. The third kappa shape index (κ3) is 7.60. The van der Waals surface area contributed by atoms with Gasteiger partial charge in [-0.05, 0) is 25.7 Å². The molecule has 2 heterocycles. The number of carbonyl (C=O) groups is 1. The largest absolute Gasteiger partial charge is 0.462 e. The predicted molar refractivity (Wildman–Crippen MR) is 95.2 cm³/mol. The normalized spacial score (nSPS) is 29.2. The quantitative estimate of drug-likeness (QED) is 0.674. The van der Waals surface area contributed by atoms with Gasteiger partial charge in [0.25, 0.3) is 0 Å². The molecular formula is C19H36O6. The lowest BCUT2D eigenvalue weighted by Crippen LogP contribution is -2.52. The summed E-state index contributed by atoms with van der Waals surface area (Å²) in [5.74, 6) is -0.0892. The summed E-state index contributed by atoms with van der Waals surface area (Å²) in [5, 5.41) is 0. The van der Waals surface area contributed by atoms with Gasteiger partial charge in [-0.3, -0.25) is 4.79 Å². The van der Waals surface area contributed by atoms with E-state index in [0.717, 1.165) is 25.7 Å². The van der Waals surface area contributed by atoms with Crippen molar-refractivity contribution in [2.75, 3.05) is 26.4 Å². The van der Waals surface area contributed by atoms with Gasteiger partial charge in [0.2, 0.25) is 0 Å². The summed E-state index contributed by atoms with van der Waals surface area (Å²) in [5.41, 5.74) is -0.0721. The van der Waals surface area contributed by atoms with Crippen molar-refractivity contribution in [1.29, 1.82) is 0 Å². The molecule has 0 bridgehead atoms. The van der Waals surface area contributed by atoms with Crippen molar-refractivity contribution in [3.05, 3.63) is 0 Å². The van der Waals surface area contributed by atoms with E-state index < -0.39 is 0 Å². The molecule has 2 fully saturated rings. The summed E-state index contributed by atoms with van der Waals surface area (Å²) in [6.07, 6.45) is 4.16. The minimum Gasteiger partial charge on any atom is -0.462 e. The zero-order valence-electron chi connectivity index (χ0n) is 16.5. The van der Waals surface area contributed by atoms with Crippen LogP contribution in [0.25, 0.3) is 0 Å². The molecule has 0 radical (unpaired) electrons. The van der Waals surface area contributed by atoms with Gasteiger partial charge < -0.3 is 23.7 Å². The molecule has 0 aliphatic carbocycles. The Bertz CT molecular complexity index is 327. The van der Waals surface area contributed by atoms with Crippen molar-refractivity contribution in [3.63, 3.8) is 0 Å². The van der Waals surface area contributed by atoms with E-state index in [9.17, 15) is 4.79 Å². The topological polar surface area (TPSA) is 63.2 Å². The van der Waals surface area contributed by atoms with Crippen molar-refractivity contribution < 1.29 is 28.5 Å². The van der Waals surface area contributed by atoms with Crippen LogP contribution >= 0.6 is 0 Å². The third-order valence-electron chi connectivity index (χ3n) is 4.47. The van der Waals surface area contributed by atoms with Crippen LogP contribution < -0.4 is 0 Å². The Balaban J connectivity index is 0.000000275. The van der Waals surface area contributed by atoms with Crippen LogP contribution in [-0.4, -0.2) is 51.1 Å². The van der Waals surface area contributed by atoms with Gasteiger partial charge in [0, 0.05) is 6.42 Å². The zero-order valence-corrected chi connectivity index (χ0v) is 16.5. The first-order chi connectivity index (χ1) is 12.0. The average Bonchev–Trinajstić information content (AvgIpc) is 2.67. The molecule has 148 valence electrons. The second-order valence-corrected chi connectivity index (χ2v) is 6.70. The summed E-state index contributed by atoms with van der Waals surface area (Å²) in [6, 6.07) is 0. The molecule has 25 heavy (non-hydrogen) atoms. The number of ether oxygens (including phenoxy) is 5. The van der Waals surface area contributed by atoms with Crippen LogP contribution in [0.5, 0.6) is 0 Å². The molecular weight excluding hydrogens is 324 g/mol. The lowest BCUT2D eigenvalue weighted by molar-refractivity contribution is -0.302. The first-order valence-corrected chi connectivity index (χ1v) is 9.68. The molecule has 2 rings (SSSR count). The first kappa shape index (κ1) is 22.4. The van der Waals surface area contributed by atoms with Crippen LogP contribution in [0.1, 0.15) is 66.7 Å². The summed E-state index contributed by atoms with van der Waals surface area (Å²) >= 11 is 0. The lowest BCUT2D eigenvalue weighted by Gasteiger charge is -2.43. The third-order valence-corrected chi connectivity index (χ3v) is 4.47. The fourth-order valence-corrected chi connectivity index (χ4v) is 2.62. The number of esters is 1. The molecule has 2 aliphatic heterocycles. The van der Waals surface area contributed by atoms with Crippen LogP contribution in [0.15, 0.2) is 0 Å². The highest BCUT2D eigenvalue weighted by molar-refractivity contribution is 5.69. The van der Waals surface area contributed by atoms with Crippen LogP contribution in [-0.2, 0) is 28.5 Å². The molecule has 2 aliphatic rings. The minimum absolute atomic E-state index is 0.0421. The molecule has 0 unspecified atom stereocenters. The van der Waals surface area contributed by atoms with Crippen LogP contribution in [0.4, 0.5) is 0 Å². The average molecular weight is 360 g/mol. The Labute approximate surface area is 152 Å². The smallest absolute Gasteiger partial charge is 0.305 e. The van der Waals surface area contributed by atoms with Gasteiger partial charge in [0.15, 0.2) is 12.6 Å². The van der Waals surface area contributed by atoms with Gasteiger partial charge in [0.05, 0.1) is 31.8 Å². The summed E-state index contributed by atoms with van der Waals surface area (Å²) < 4.78 is 27.5. The van der Waals surface area contributed by atoms with Gasteiger partial charge >= 0.3 is 5.97 Å². The Morgan fingerprint density at radius 2 is 1.28 bits per heavy atom. The van der Waals surface area contributed by atoms with Gasteiger partial charge in [-0.1, -0.05) is 34.6 Å². The molecule has 0 amide bonds. The number of hydrogen-bond donors (Lipinski definition) is 0. The number of carbonyl (C=O) groups excluding carboxylic acids is 1. The molecule has 1 spiro atoms. The van der Waals surface area contributed by atoms with Crippen molar-refractivity contribution in [2.45, 2.75) is 85.4 Å². The fraction of sp³-hybridized carbons (Fsp3) is 0.947. The van der Waals surface area contributed by atoms with Gasteiger partial charge in [-0.2, -0.15) is 0 Å². The van der Waals surface area contributed by atoms with E-state index >= 15 is 0 Å². The van der Waals surface area contributed by atoms with Crippen LogP contribution in [0, 0.1) is 5.41 Å². The number of hydrogen-bond acceptors (Lipinski definition) is 6. The van der Waals surface area contributed by atoms with E-state index in [1.807, 2.05) is 20.8 Å². The molecule has 0 aromatic heterocycles. The molecule has 2 saturated heterocycles. The molecule has 0 aromatic carbocycles. The maximum Gasteiger partial charge on any atom is 0.305 e. The molecule has 6 heteroatoms. The van der Waals surface area contributed by atoms with Crippen LogP contribution in [0.3, 0.4) is 0 Å². The molecule has 0 saturated carbocycles. The molecule has 0 N–H and O–H groups in total. The second-order valence-electron chi connectivity index (χ2n) is 6.70. The van der Waals surface area contributed by atoms with Crippen molar-refractivity contribution in [1.82, 2.24) is 0 Å². The summed E-state index contributed by atoms with van der Waals surface area (Å²) in [4.78, 5) is 10.7. The second kappa shape index (κ2) is 11.8.